The van der Waals surface area contributed by atoms with Gasteiger partial charge in [0, 0.05) is 6.07 Å². The molecule has 2 aromatic rings. The van der Waals surface area contributed by atoms with Crippen molar-refractivity contribution >= 4 is 17.3 Å². The molecule has 0 saturated heterocycles. The Hall–Kier alpha value is -2.92. The molecule has 0 bridgehead atoms. The monoisotopic (exact) mass is 306 g/mol. The fourth-order valence-corrected chi connectivity index (χ4v) is 1.69. The molecule has 8 nitrogen and oxygen atoms in total. The lowest BCUT2D eigenvalue weighted by Gasteiger charge is -2.09. The van der Waals surface area contributed by atoms with Crippen LogP contribution >= 0.6 is 11.6 Å². The van der Waals surface area contributed by atoms with Crippen LogP contribution in [0.3, 0.4) is 0 Å². The van der Waals surface area contributed by atoms with E-state index in [1.807, 2.05) is 6.07 Å². The molecule has 106 valence electrons. The molecule has 0 aliphatic carbocycles. The molecule has 21 heavy (non-hydrogen) atoms. The normalized spacial score (nSPS) is 9.76. The number of hydrogen-bond donors (Lipinski definition) is 0. The van der Waals surface area contributed by atoms with Gasteiger partial charge in [0.2, 0.25) is 5.15 Å². The Morgan fingerprint density at radius 1 is 1.38 bits per heavy atom. The first-order valence-corrected chi connectivity index (χ1v) is 5.85. The Morgan fingerprint density at radius 2 is 2.14 bits per heavy atom. The number of methoxy groups -OCH3 is 1. The number of nitrogens with zero attached hydrogens (tertiary/aromatic N) is 4. The maximum atomic E-state index is 11.0. The minimum absolute atomic E-state index is 0.161. The van der Waals surface area contributed by atoms with E-state index < -0.39 is 10.6 Å². The summed E-state index contributed by atoms with van der Waals surface area (Å²) in [6, 6.07) is 6.30. The summed E-state index contributed by atoms with van der Waals surface area (Å²) in [5.74, 6) is 0.0791. The number of ether oxygens (including phenoxy) is 2. The topological polar surface area (TPSA) is 111 Å². The second-order valence-electron chi connectivity index (χ2n) is 3.65. The first-order valence-electron chi connectivity index (χ1n) is 5.47. The number of rotatable bonds is 4. The molecular weight excluding hydrogens is 300 g/mol. The van der Waals surface area contributed by atoms with Gasteiger partial charge >= 0.3 is 11.6 Å². The molecule has 1 aromatic heterocycles. The maximum absolute atomic E-state index is 11.0. The van der Waals surface area contributed by atoms with Crippen LogP contribution in [0.5, 0.6) is 17.4 Å². The highest BCUT2D eigenvalue weighted by Crippen LogP contribution is 2.37. The summed E-state index contributed by atoms with van der Waals surface area (Å²) < 4.78 is 10.4. The Balaban J connectivity index is 2.46. The average molecular weight is 307 g/mol. The second kappa shape index (κ2) is 6.02. The first-order chi connectivity index (χ1) is 10.1. The van der Waals surface area contributed by atoms with Crippen molar-refractivity contribution in [3.05, 3.63) is 45.4 Å². The molecule has 0 unspecified atom stereocenters. The van der Waals surface area contributed by atoms with Gasteiger partial charge in [-0.15, -0.1) is 0 Å². The van der Waals surface area contributed by atoms with Crippen molar-refractivity contribution < 1.29 is 14.4 Å². The largest absolute Gasteiger partial charge is 0.493 e. The third-order valence-electron chi connectivity index (χ3n) is 2.43. The Morgan fingerprint density at radius 3 is 2.76 bits per heavy atom. The van der Waals surface area contributed by atoms with Gasteiger partial charge < -0.3 is 9.47 Å². The van der Waals surface area contributed by atoms with Crippen LogP contribution in [-0.4, -0.2) is 22.0 Å². The quantitative estimate of drug-likeness (QED) is 0.485. The molecule has 9 heteroatoms. The zero-order valence-corrected chi connectivity index (χ0v) is 11.4. The lowest BCUT2D eigenvalue weighted by atomic mass is 10.2. The van der Waals surface area contributed by atoms with Gasteiger partial charge in [-0.05, 0) is 12.1 Å². The van der Waals surface area contributed by atoms with Crippen molar-refractivity contribution in [1.82, 2.24) is 9.97 Å². The minimum Gasteiger partial charge on any atom is -0.493 e. The van der Waals surface area contributed by atoms with Crippen molar-refractivity contribution in [3.63, 3.8) is 0 Å². The third kappa shape index (κ3) is 2.98. The molecule has 0 amide bonds. The predicted molar refractivity (Wildman–Crippen MR) is 71.5 cm³/mol. The second-order valence-corrected chi connectivity index (χ2v) is 4.01. The predicted octanol–water partition coefficient (Wildman–Crippen LogP) is 2.71. The highest BCUT2D eigenvalue weighted by atomic mass is 35.5. The van der Waals surface area contributed by atoms with Crippen LogP contribution in [0.15, 0.2) is 24.5 Å². The van der Waals surface area contributed by atoms with Crippen LogP contribution in [0, 0.1) is 21.4 Å². The highest BCUT2D eigenvalue weighted by molar-refractivity contribution is 6.31. The highest BCUT2D eigenvalue weighted by Gasteiger charge is 2.24. The van der Waals surface area contributed by atoms with Crippen molar-refractivity contribution in [3.8, 4) is 23.4 Å². The van der Waals surface area contributed by atoms with E-state index in [1.165, 1.54) is 25.3 Å². The number of halogens is 1. The molecule has 0 N–H and O–H groups in total. The van der Waals surface area contributed by atoms with Crippen molar-refractivity contribution in [2.24, 2.45) is 0 Å². The number of aromatic nitrogens is 2. The molecule has 0 radical (unpaired) electrons. The van der Waals surface area contributed by atoms with E-state index in [9.17, 15) is 10.1 Å². The van der Waals surface area contributed by atoms with E-state index in [4.69, 9.17) is 26.3 Å². The zero-order valence-electron chi connectivity index (χ0n) is 10.6. The van der Waals surface area contributed by atoms with Crippen LogP contribution in [0.1, 0.15) is 5.56 Å². The van der Waals surface area contributed by atoms with Crippen LogP contribution in [-0.2, 0) is 0 Å². The summed E-state index contributed by atoms with van der Waals surface area (Å²) in [6.07, 6.45) is 1.04. The molecule has 0 spiro atoms. The Labute approximate surface area is 123 Å². The average Bonchev–Trinajstić information content (AvgIpc) is 2.47. The molecule has 1 heterocycles. The van der Waals surface area contributed by atoms with Crippen LogP contribution in [0.2, 0.25) is 5.15 Å². The lowest BCUT2D eigenvalue weighted by molar-refractivity contribution is -0.386. The molecule has 0 atom stereocenters. The summed E-state index contributed by atoms with van der Waals surface area (Å²) in [5.41, 5.74) is -0.194. The molecule has 2 rings (SSSR count). The van der Waals surface area contributed by atoms with Gasteiger partial charge in [-0.2, -0.15) is 10.2 Å². The molecule has 0 aliphatic rings. The minimum atomic E-state index is -0.742. The van der Waals surface area contributed by atoms with E-state index in [-0.39, 0.29) is 22.5 Å². The zero-order chi connectivity index (χ0) is 15.4. The van der Waals surface area contributed by atoms with E-state index in [0.29, 0.717) is 5.56 Å². The van der Waals surface area contributed by atoms with Crippen LogP contribution < -0.4 is 9.47 Å². The first kappa shape index (κ1) is 14.5. The van der Waals surface area contributed by atoms with Crippen LogP contribution in [0.25, 0.3) is 0 Å². The standard InChI is InChI=1S/C12H7ClN4O4/c1-20-9-4-7(5-14)2-3-8(9)21-12-10(17(18)19)11(13)15-6-16-12/h2-4,6H,1H3. The maximum Gasteiger partial charge on any atom is 0.368 e. The smallest absolute Gasteiger partial charge is 0.368 e. The molecular formula is C12H7ClN4O4. The summed E-state index contributed by atoms with van der Waals surface area (Å²) in [5, 5.41) is 19.5. The molecule has 0 fully saturated rings. The van der Waals surface area contributed by atoms with Gasteiger partial charge in [0.25, 0.3) is 0 Å². The summed E-state index contributed by atoms with van der Waals surface area (Å²) in [7, 11) is 1.38. The van der Waals surface area contributed by atoms with E-state index >= 15 is 0 Å². The summed E-state index contributed by atoms with van der Waals surface area (Å²) in [4.78, 5) is 17.5. The van der Waals surface area contributed by atoms with Gasteiger partial charge in [0.1, 0.15) is 6.33 Å². The van der Waals surface area contributed by atoms with Gasteiger partial charge in [-0.25, -0.2) is 4.98 Å². The Kier molecular flexibility index (Phi) is 4.15. The van der Waals surface area contributed by atoms with E-state index in [0.717, 1.165) is 6.33 Å². The van der Waals surface area contributed by atoms with Gasteiger partial charge in [0.15, 0.2) is 11.5 Å². The lowest BCUT2D eigenvalue weighted by Crippen LogP contribution is -1.99. The fourth-order valence-electron chi connectivity index (χ4n) is 1.50. The fraction of sp³-hybridized carbons (Fsp3) is 0.0833. The van der Waals surface area contributed by atoms with Gasteiger partial charge in [0.05, 0.1) is 23.7 Å². The number of benzene rings is 1. The Bertz CT molecular complexity index is 745. The SMILES string of the molecule is COc1cc(C#N)ccc1Oc1ncnc(Cl)c1[N+](=O)[O-]. The van der Waals surface area contributed by atoms with E-state index in [2.05, 4.69) is 9.97 Å². The van der Waals surface area contributed by atoms with Crippen molar-refractivity contribution in [1.29, 1.82) is 5.26 Å². The van der Waals surface area contributed by atoms with Crippen molar-refractivity contribution in [2.75, 3.05) is 7.11 Å². The number of nitriles is 1. The van der Waals surface area contributed by atoms with Crippen LogP contribution in [0.4, 0.5) is 5.69 Å². The third-order valence-corrected chi connectivity index (χ3v) is 2.70. The molecule has 1 aromatic carbocycles. The van der Waals surface area contributed by atoms with Gasteiger partial charge in [-0.1, -0.05) is 11.6 Å². The van der Waals surface area contributed by atoms with Crippen molar-refractivity contribution in [2.45, 2.75) is 0 Å². The molecule has 0 saturated carbocycles. The van der Waals surface area contributed by atoms with E-state index in [1.54, 1.807) is 0 Å². The summed E-state index contributed by atoms with van der Waals surface area (Å²) in [6.45, 7) is 0. The summed E-state index contributed by atoms with van der Waals surface area (Å²) >= 11 is 5.66. The van der Waals surface area contributed by atoms with Gasteiger partial charge in [-0.3, -0.25) is 10.1 Å². The number of hydrogen-bond acceptors (Lipinski definition) is 7. The molecule has 0 aliphatic heterocycles. The number of nitro groups is 1.